The summed E-state index contributed by atoms with van der Waals surface area (Å²) < 4.78 is 13.2. The summed E-state index contributed by atoms with van der Waals surface area (Å²) in [5, 5.41) is 3.83. The molecule has 0 unspecified atom stereocenters. The topological polar surface area (TPSA) is 50.7 Å². The smallest absolute Gasteiger partial charge is 0.224 e. The molecule has 0 aliphatic carbocycles. The minimum atomic E-state index is -0.523. The first-order valence-electron chi connectivity index (χ1n) is 4.48. The van der Waals surface area contributed by atoms with Crippen molar-refractivity contribution in [3.8, 4) is 0 Å². The molecule has 7 heteroatoms. The third kappa shape index (κ3) is 2.65. The first-order valence-corrected chi connectivity index (χ1v) is 5.68. The molecule has 0 spiro atoms. The fraction of sp³-hybridized carbons (Fsp3) is 0.222. The molecule has 0 fully saturated rings. The van der Waals surface area contributed by atoms with E-state index >= 15 is 0 Å². The highest BCUT2D eigenvalue weighted by Gasteiger charge is 2.06. The second-order valence-corrected chi connectivity index (χ2v) is 4.69. The third-order valence-electron chi connectivity index (χ3n) is 1.81. The van der Waals surface area contributed by atoms with E-state index in [1.165, 1.54) is 0 Å². The van der Waals surface area contributed by atoms with Gasteiger partial charge in [-0.2, -0.15) is 4.98 Å². The summed E-state index contributed by atoms with van der Waals surface area (Å²) in [5.41, 5.74) is 0. The average molecular weight is 259 g/mol. The lowest BCUT2D eigenvalue weighted by Gasteiger charge is -2.04. The Morgan fingerprint density at radius 1 is 1.44 bits per heavy atom. The first-order chi connectivity index (χ1) is 7.65. The van der Waals surface area contributed by atoms with Gasteiger partial charge in [0.15, 0.2) is 11.6 Å². The minimum absolute atomic E-state index is 0.0179. The Hall–Kier alpha value is -1.27. The van der Waals surface area contributed by atoms with Crippen LogP contribution < -0.4 is 5.32 Å². The van der Waals surface area contributed by atoms with Crippen LogP contribution in [-0.2, 0) is 6.54 Å². The number of hydrogen-bond donors (Lipinski definition) is 1. The number of thiazole rings is 1. The Bertz CT molecular complexity index is 502. The lowest BCUT2D eigenvalue weighted by molar-refractivity contribution is 0.616. The highest BCUT2D eigenvalue weighted by atomic mass is 35.5. The van der Waals surface area contributed by atoms with Gasteiger partial charge in [0.2, 0.25) is 5.28 Å². The Labute approximate surface area is 101 Å². The summed E-state index contributed by atoms with van der Waals surface area (Å²) in [6.45, 7) is 2.38. The summed E-state index contributed by atoms with van der Waals surface area (Å²) in [6.07, 6.45) is 2.78. The molecular weight excluding hydrogens is 251 g/mol. The van der Waals surface area contributed by atoms with E-state index in [2.05, 4.69) is 20.3 Å². The van der Waals surface area contributed by atoms with E-state index in [1.54, 1.807) is 17.5 Å². The Balaban J connectivity index is 2.07. The van der Waals surface area contributed by atoms with Crippen molar-refractivity contribution in [2.24, 2.45) is 0 Å². The Morgan fingerprint density at radius 2 is 2.25 bits per heavy atom. The quantitative estimate of drug-likeness (QED) is 0.860. The molecule has 1 N–H and O–H groups in total. The van der Waals surface area contributed by atoms with Gasteiger partial charge in [-0.05, 0) is 18.5 Å². The van der Waals surface area contributed by atoms with Crippen molar-refractivity contribution < 1.29 is 4.39 Å². The molecule has 2 aromatic rings. The van der Waals surface area contributed by atoms with Crippen LogP contribution in [0.15, 0.2) is 12.4 Å². The highest BCUT2D eigenvalue weighted by Crippen LogP contribution is 2.16. The molecule has 16 heavy (non-hydrogen) atoms. The van der Waals surface area contributed by atoms with Gasteiger partial charge in [-0.25, -0.2) is 14.4 Å². The lowest BCUT2D eigenvalue weighted by Crippen LogP contribution is -2.03. The number of anilines is 1. The summed E-state index contributed by atoms with van der Waals surface area (Å²) in [7, 11) is 0. The van der Waals surface area contributed by atoms with Crippen LogP contribution in [-0.4, -0.2) is 15.0 Å². The van der Waals surface area contributed by atoms with Crippen LogP contribution in [0.3, 0.4) is 0 Å². The van der Waals surface area contributed by atoms with Crippen molar-refractivity contribution in [2.45, 2.75) is 13.5 Å². The number of rotatable bonds is 3. The zero-order valence-electron chi connectivity index (χ0n) is 8.37. The van der Waals surface area contributed by atoms with E-state index in [-0.39, 0.29) is 11.1 Å². The predicted molar refractivity (Wildman–Crippen MR) is 61.2 cm³/mol. The first kappa shape index (κ1) is 11.2. The van der Waals surface area contributed by atoms with Gasteiger partial charge < -0.3 is 5.32 Å². The summed E-state index contributed by atoms with van der Waals surface area (Å²) >= 11 is 7.11. The number of hydrogen-bond acceptors (Lipinski definition) is 5. The van der Waals surface area contributed by atoms with Crippen LogP contribution >= 0.6 is 22.9 Å². The van der Waals surface area contributed by atoms with E-state index in [1.807, 2.05) is 6.92 Å². The van der Waals surface area contributed by atoms with Gasteiger partial charge in [-0.1, -0.05) is 0 Å². The maximum absolute atomic E-state index is 13.2. The zero-order chi connectivity index (χ0) is 11.5. The monoisotopic (exact) mass is 258 g/mol. The van der Waals surface area contributed by atoms with Crippen LogP contribution in [0.4, 0.5) is 10.2 Å². The SMILES string of the molecule is Cc1ncc(CNc2nc(Cl)ncc2F)s1. The van der Waals surface area contributed by atoms with E-state index in [4.69, 9.17) is 11.6 Å². The zero-order valence-corrected chi connectivity index (χ0v) is 9.94. The molecule has 4 nitrogen and oxygen atoms in total. The van der Waals surface area contributed by atoms with Crippen molar-refractivity contribution in [1.82, 2.24) is 15.0 Å². The van der Waals surface area contributed by atoms with Crippen molar-refractivity contribution in [2.75, 3.05) is 5.32 Å². The summed E-state index contributed by atoms with van der Waals surface area (Å²) in [6, 6.07) is 0. The standard InChI is InChI=1S/C9H8ClFN4S/c1-5-12-2-6(16-5)3-13-8-7(11)4-14-9(10)15-8/h2,4H,3H2,1H3,(H,13,14,15). The normalized spacial score (nSPS) is 10.4. The van der Waals surface area contributed by atoms with E-state index in [0.717, 1.165) is 16.1 Å². The number of nitrogens with zero attached hydrogens (tertiary/aromatic N) is 3. The van der Waals surface area contributed by atoms with Crippen LogP contribution in [0, 0.1) is 12.7 Å². The maximum Gasteiger partial charge on any atom is 0.224 e. The highest BCUT2D eigenvalue weighted by molar-refractivity contribution is 7.11. The molecule has 0 amide bonds. The van der Waals surface area contributed by atoms with Gasteiger partial charge in [0, 0.05) is 11.1 Å². The Kier molecular flexibility index (Phi) is 3.31. The van der Waals surface area contributed by atoms with Crippen molar-refractivity contribution >= 4 is 28.8 Å². The number of aryl methyl sites for hydroxylation is 1. The second-order valence-electron chi connectivity index (χ2n) is 3.03. The largest absolute Gasteiger partial charge is 0.363 e. The van der Waals surface area contributed by atoms with Gasteiger partial charge in [0.25, 0.3) is 0 Å². The number of halogens is 2. The van der Waals surface area contributed by atoms with Gasteiger partial charge >= 0.3 is 0 Å². The van der Waals surface area contributed by atoms with Gasteiger partial charge in [0.05, 0.1) is 17.7 Å². The molecule has 0 aliphatic rings. The summed E-state index contributed by atoms with van der Waals surface area (Å²) in [4.78, 5) is 12.4. The van der Waals surface area contributed by atoms with Crippen molar-refractivity contribution in [3.63, 3.8) is 0 Å². The second kappa shape index (κ2) is 4.71. The van der Waals surface area contributed by atoms with Gasteiger partial charge in [0.1, 0.15) is 0 Å². The van der Waals surface area contributed by atoms with Gasteiger partial charge in [-0.15, -0.1) is 11.3 Å². The molecule has 0 aromatic carbocycles. The van der Waals surface area contributed by atoms with Crippen LogP contribution in [0.25, 0.3) is 0 Å². The molecule has 0 aliphatic heterocycles. The van der Waals surface area contributed by atoms with Crippen molar-refractivity contribution in [1.29, 1.82) is 0 Å². The fourth-order valence-electron chi connectivity index (χ4n) is 1.13. The molecular formula is C9H8ClFN4S. The summed E-state index contributed by atoms with van der Waals surface area (Å²) in [5.74, 6) is -0.420. The van der Waals surface area contributed by atoms with Crippen LogP contribution in [0.5, 0.6) is 0 Å². The molecule has 2 heterocycles. The van der Waals surface area contributed by atoms with Crippen LogP contribution in [0.1, 0.15) is 9.88 Å². The average Bonchev–Trinajstić information content (AvgIpc) is 2.66. The van der Waals surface area contributed by atoms with E-state index < -0.39 is 5.82 Å². The lowest BCUT2D eigenvalue weighted by atomic mass is 10.5. The van der Waals surface area contributed by atoms with Gasteiger partial charge in [-0.3, -0.25) is 0 Å². The Morgan fingerprint density at radius 3 is 2.94 bits per heavy atom. The molecule has 2 rings (SSSR count). The fourth-order valence-corrected chi connectivity index (χ4v) is 2.00. The molecule has 2 aromatic heterocycles. The van der Waals surface area contributed by atoms with Crippen molar-refractivity contribution in [3.05, 3.63) is 33.4 Å². The maximum atomic E-state index is 13.2. The number of aromatic nitrogens is 3. The minimum Gasteiger partial charge on any atom is -0.363 e. The van der Waals surface area contributed by atoms with E-state index in [0.29, 0.717) is 6.54 Å². The molecule has 0 saturated heterocycles. The number of nitrogens with one attached hydrogen (secondary N) is 1. The predicted octanol–water partition coefficient (Wildman–Crippen LogP) is 2.65. The third-order valence-corrected chi connectivity index (χ3v) is 2.91. The molecule has 84 valence electrons. The van der Waals surface area contributed by atoms with Crippen LogP contribution in [0.2, 0.25) is 5.28 Å². The molecule has 0 saturated carbocycles. The molecule has 0 bridgehead atoms. The van der Waals surface area contributed by atoms with E-state index in [9.17, 15) is 4.39 Å². The molecule has 0 atom stereocenters. The molecule has 0 radical (unpaired) electrons.